The Labute approximate surface area is 203 Å². The third kappa shape index (κ3) is 6.52. The molecule has 3 rings (SSSR count). The zero-order valence-electron chi connectivity index (χ0n) is 18.2. The Hall–Kier alpha value is -3.46. The second-order valence-electron chi connectivity index (χ2n) is 7.12. The molecule has 7 heteroatoms. The Morgan fingerprint density at radius 1 is 1.09 bits per heavy atom. The number of hydrogen-bond donors (Lipinski definition) is 1. The second-order valence-corrected chi connectivity index (χ2v) is 7.96. The molecule has 1 amide bonds. The van der Waals surface area contributed by atoms with Gasteiger partial charge in [0.1, 0.15) is 18.2 Å². The number of halogens is 2. The molecule has 0 aliphatic rings. The Balaban J connectivity index is 1.86. The van der Waals surface area contributed by atoms with Crippen LogP contribution in [0.4, 0.5) is 5.69 Å². The molecule has 168 valence electrons. The van der Waals surface area contributed by atoms with E-state index in [2.05, 4.69) is 5.32 Å². The molecule has 3 aromatic rings. The lowest BCUT2D eigenvalue weighted by atomic mass is 10.1. The van der Waals surface area contributed by atoms with Crippen LogP contribution in [0, 0.1) is 18.3 Å². The standard InChI is InChI=1S/C26H22Cl2N2O3/c1-3-32-24-13-19(12-22(28)25(24)33-16-18-7-5-4-6-8-18)11-20(15-29)26(31)30-23-14-21(27)10-9-17(23)2/h4-14H,3,16H2,1-2H3,(H,30,31)/b20-11+. The maximum atomic E-state index is 12.7. The normalized spacial score (nSPS) is 10.9. The van der Waals surface area contributed by atoms with E-state index in [4.69, 9.17) is 32.7 Å². The van der Waals surface area contributed by atoms with Gasteiger partial charge in [-0.15, -0.1) is 0 Å². The highest BCUT2D eigenvalue weighted by atomic mass is 35.5. The Bertz CT molecular complexity index is 1220. The van der Waals surface area contributed by atoms with E-state index in [1.807, 2.05) is 50.2 Å². The van der Waals surface area contributed by atoms with Gasteiger partial charge in [0.2, 0.25) is 0 Å². The Morgan fingerprint density at radius 2 is 1.85 bits per heavy atom. The number of rotatable bonds is 8. The largest absolute Gasteiger partial charge is 0.490 e. The van der Waals surface area contributed by atoms with Gasteiger partial charge in [0, 0.05) is 10.7 Å². The zero-order chi connectivity index (χ0) is 23.8. The van der Waals surface area contributed by atoms with E-state index in [0.717, 1.165) is 11.1 Å². The molecule has 0 spiro atoms. The first-order chi connectivity index (χ1) is 15.9. The quantitative estimate of drug-likeness (QED) is 0.283. The molecule has 0 aliphatic heterocycles. The van der Waals surface area contributed by atoms with Crippen molar-refractivity contribution in [3.63, 3.8) is 0 Å². The van der Waals surface area contributed by atoms with E-state index in [0.29, 0.717) is 46.0 Å². The highest BCUT2D eigenvalue weighted by molar-refractivity contribution is 6.32. The number of carbonyl (C=O) groups is 1. The highest BCUT2D eigenvalue weighted by Crippen LogP contribution is 2.38. The average molecular weight is 481 g/mol. The number of ether oxygens (including phenoxy) is 2. The fraction of sp³-hybridized carbons (Fsp3) is 0.154. The monoisotopic (exact) mass is 480 g/mol. The summed E-state index contributed by atoms with van der Waals surface area (Å²) in [6.07, 6.45) is 1.45. The molecular formula is C26H22Cl2N2O3. The molecule has 0 saturated carbocycles. The number of amides is 1. The Kier molecular flexibility index (Phi) is 8.37. The number of aryl methyl sites for hydroxylation is 1. The van der Waals surface area contributed by atoms with Crippen LogP contribution in [-0.4, -0.2) is 12.5 Å². The second kappa shape index (κ2) is 11.4. The van der Waals surface area contributed by atoms with E-state index in [9.17, 15) is 10.1 Å². The van der Waals surface area contributed by atoms with Crippen molar-refractivity contribution in [1.82, 2.24) is 0 Å². The first kappa shape index (κ1) is 24.2. The number of anilines is 1. The maximum absolute atomic E-state index is 12.7. The number of benzene rings is 3. The fourth-order valence-corrected chi connectivity index (χ4v) is 3.48. The smallest absolute Gasteiger partial charge is 0.266 e. The third-order valence-corrected chi connectivity index (χ3v) is 5.20. The zero-order valence-corrected chi connectivity index (χ0v) is 19.7. The molecule has 0 unspecified atom stereocenters. The molecule has 0 saturated heterocycles. The molecule has 0 heterocycles. The Morgan fingerprint density at radius 3 is 2.55 bits per heavy atom. The summed E-state index contributed by atoms with van der Waals surface area (Å²) in [5.74, 6) is 0.272. The topological polar surface area (TPSA) is 71.3 Å². The van der Waals surface area contributed by atoms with Crippen LogP contribution in [0.25, 0.3) is 6.08 Å². The van der Waals surface area contributed by atoms with Crippen molar-refractivity contribution in [2.24, 2.45) is 0 Å². The fourth-order valence-electron chi connectivity index (χ4n) is 3.04. The minimum absolute atomic E-state index is 0.0918. The van der Waals surface area contributed by atoms with Crippen molar-refractivity contribution < 1.29 is 14.3 Å². The lowest BCUT2D eigenvalue weighted by Gasteiger charge is -2.15. The van der Waals surface area contributed by atoms with Gasteiger partial charge in [-0.3, -0.25) is 4.79 Å². The number of nitrogens with zero attached hydrogens (tertiary/aromatic N) is 1. The lowest BCUT2D eigenvalue weighted by molar-refractivity contribution is -0.112. The molecule has 1 N–H and O–H groups in total. The minimum Gasteiger partial charge on any atom is -0.490 e. The van der Waals surface area contributed by atoms with Gasteiger partial charge >= 0.3 is 0 Å². The van der Waals surface area contributed by atoms with Crippen LogP contribution in [0.2, 0.25) is 10.0 Å². The van der Waals surface area contributed by atoms with Crippen molar-refractivity contribution in [3.05, 3.63) is 93.0 Å². The van der Waals surface area contributed by atoms with Crippen molar-refractivity contribution in [1.29, 1.82) is 5.26 Å². The molecule has 0 radical (unpaired) electrons. The molecule has 33 heavy (non-hydrogen) atoms. The lowest BCUT2D eigenvalue weighted by Crippen LogP contribution is -2.14. The van der Waals surface area contributed by atoms with Gasteiger partial charge in [-0.25, -0.2) is 0 Å². The molecule has 5 nitrogen and oxygen atoms in total. The summed E-state index contributed by atoms with van der Waals surface area (Å²) in [7, 11) is 0. The number of nitriles is 1. The molecule has 0 aliphatic carbocycles. The van der Waals surface area contributed by atoms with Gasteiger partial charge in [-0.1, -0.05) is 59.6 Å². The molecular weight excluding hydrogens is 459 g/mol. The summed E-state index contributed by atoms with van der Waals surface area (Å²) in [5, 5.41) is 13.1. The van der Waals surface area contributed by atoms with E-state index < -0.39 is 5.91 Å². The number of carbonyl (C=O) groups excluding carboxylic acids is 1. The summed E-state index contributed by atoms with van der Waals surface area (Å²) in [5.41, 5.74) is 2.79. The highest BCUT2D eigenvalue weighted by Gasteiger charge is 2.15. The van der Waals surface area contributed by atoms with Crippen molar-refractivity contribution in [3.8, 4) is 17.6 Å². The van der Waals surface area contributed by atoms with E-state index >= 15 is 0 Å². The van der Waals surface area contributed by atoms with Crippen LogP contribution < -0.4 is 14.8 Å². The summed E-state index contributed by atoms with van der Waals surface area (Å²) >= 11 is 12.5. The van der Waals surface area contributed by atoms with Crippen LogP contribution in [0.1, 0.15) is 23.6 Å². The molecule has 0 atom stereocenters. The molecule has 0 aromatic heterocycles. The summed E-state index contributed by atoms with van der Waals surface area (Å²) < 4.78 is 11.6. The molecule has 0 fully saturated rings. The first-order valence-electron chi connectivity index (χ1n) is 10.2. The average Bonchev–Trinajstić information content (AvgIpc) is 2.80. The number of nitrogens with one attached hydrogen (secondary N) is 1. The van der Waals surface area contributed by atoms with Gasteiger partial charge in [0.25, 0.3) is 5.91 Å². The molecule has 0 bridgehead atoms. The SMILES string of the molecule is CCOc1cc(/C=C(\C#N)C(=O)Nc2cc(Cl)ccc2C)cc(Cl)c1OCc1ccccc1. The van der Waals surface area contributed by atoms with Crippen LogP contribution in [0.15, 0.2) is 66.2 Å². The first-order valence-corrected chi connectivity index (χ1v) is 11.0. The van der Waals surface area contributed by atoms with Crippen molar-refractivity contribution >= 4 is 40.9 Å². The predicted molar refractivity (Wildman–Crippen MR) is 132 cm³/mol. The summed E-state index contributed by atoms with van der Waals surface area (Å²) in [6, 6.07) is 20.1. The van der Waals surface area contributed by atoms with E-state index in [-0.39, 0.29) is 5.57 Å². The van der Waals surface area contributed by atoms with E-state index in [1.54, 1.807) is 30.3 Å². The van der Waals surface area contributed by atoms with Gasteiger partial charge < -0.3 is 14.8 Å². The molecule has 3 aromatic carbocycles. The van der Waals surface area contributed by atoms with Crippen molar-refractivity contribution in [2.45, 2.75) is 20.5 Å². The van der Waals surface area contributed by atoms with Gasteiger partial charge in [-0.2, -0.15) is 5.26 Å². The predicted octanol–water partition coefficient (Wildman–Crippen LogP) is 6.83. The third-order valence-electron chi connectivity index (χ3n) is 4.68. The van der Waals surface area contributed by atoms with Gasteiger partial charge in [-0.05, 0) is 60.9 Å². The van der Waals surface area contributed by atoms with Crippen LogP contribution in [0.5, 0.6) is 11.5 Å². The van der Waals surface area contributed by atoms with Crippen molar-refractivity contribution in [2.75, 3.05) is 11.9 Å². The van der Waals surface area contributed by atoms with Crippen LogP contribution >= 0.6 is 23.2 Å². The number of hydrogen-bond acceptors (Lipinski definition) is 4. The summed E-state index contributed by atoms with van der Waals surface area (Å²) in [4.78, 5) is 12.7. The van der Waals surface area contributed by atoms with Gasteiger partial charge in [0.15, 0.2) is 11.5 Å². The summed E-state index contributed by atoms with van der Waals surface area (Å²) in [6.45, 7) is 4.40. The van der Waals surface area contributed by atoms with Gasteiger partial charge in [0.05, 0.1) is 11.6 Å². The van der Waals surface area contributed by atoms with Crippen LogP contribution in [0.3, 0.4) is 0 Å². The van der Waals surface area contributed by atoms with E-state index in [1.165, 1.54) is 6.08 Å². The van der Waals surface area contributed by atoms with Crippen LogP contribution in [-0.2, 0) is 11.4 Å². The maximum Gasteiger partial charge on any atom is 0.266 e. The minimum atomic E-state index is -0.554.